The Morgan fingerprint density at radius 3 is 2.92 bits per heavy atom. The summed E-state index contributed by atoms with van der Waals surface area (Å²) in [4.78, 5) is 2.41. The largest absolute Gasteiger partial charge is 0.383 e. The van der Waals surface area contributed by atoms with Crippen LogP contribution >= 0.6 is 0 Å². The maximum Gasteiger partial charge on any atom is 0.0615 e. The van der Waals surface area contributed by atoms with Crippen LogP contribution in [0, 0.1) is 0 Å². The predicted molar refractivity (Wildman–Crippen MR) is 50.4 cm³/mol. The lowest BCUT2D eigenvalue weighted by molar-refractivity contribution is 0.0942. The molecule has 0 saturated carbocycles. The highest BCUT2D eigenvalue weighted by Gasteiger charge is 2.22. The molecular weight excluding hydrogens is 152 g/mol. The molecule has 0 aliphatic carbocycles. The van der Waals surface area contributed by atoms with Crippen LogP contribution in [0.5, 0.6) is 0 Å². The number of hydrogen-bond acceptors (Lipinski definition) is 3. The number of nitrogens with zero attached hydrogens (tertiary/aromatic N) is 1. The zero-order valence-corrected chi connectivity index (χ0v) is 8.34. The van der Waals surface area contributed by atoms with E-state index in [0.717, 1.165) is 19.7 Å². The highest BCUT2D eigenvalue weighted by molar-refractivity contribution is 4.81. The van der Waals surface area contributed by atoms with Gasteiger partial charge in [0.15, 0.2) is 0 Å². The van der Waals surface area contributed by atoms with Crippen LogP contribution in [0.1, 0.15) is 13.3 Å². The fraction of sp³-hybridized carbons (Fsp3) is 1.00. The van der Waals surface area contributed by atoms with Crippen LogP contribution in [-0.4, -0.2) is 50.8 Å². The topological polar surface area (TPSA) is 24.5 Å². The second-order valence-corrected chi connectivity index (χ2v) is 3.62. The van der Waals surface area contributed by atoms with Crippen molar-refractivity contribution in [3.63, 3.8) is 0 Å². The summed E-state index contributed by atoms with van der Waals surface area (Å²) in [5.74, 6) is 0. The molecule has 1 rings (SSSR count). The monoisotopic (exact) mass is 172 g/mol. The van der Waals surface area contributed by atoms with Gasteiger partial charge in [0.1, 0.15) is 0 Å². The highest BCUT2D eigenvalue weighted by Crippen LogP contribution is 2.09. The van der Waals surface area contributed by atoms with Gasteiger partial charge in [-0.2, -0.15) is 0 Å². The molecule has 0 radical (unpaired) electrons. The summed E-state index contributed by atoms with van der Waals surface area (Å²) < 4.78 is 5.12. The smallest absolute Gasteiger partial charge is 0.0615 e. The lowest BCUT2D eigenvalue weighted by atomic mass is 10.2. The number of hydrogen-bond donors (Lipinski definition) is 1. The first-order valence-corrected chi connectivity index (χ1v) is 4.67. The summed E-state index contributed by atoms with van der Waals surface area (Å²) in [6, 6.07) is 1.23. The standard InChI is InChI=1S/C9H20N2O/c1-8(7-12-3)11(2)9-4-5-10-6-9/h8-10H,4-7H2,1-3H3/t8?,9-/m0/s1. The Balaban J connectivity index is 2.29. The molecule has 1 saturated heterocycles. The molecule has 0 amide bonds. The Hall–Kier alpha value is -0.120. The van der Waals surface area contributed by atoms with E-state index in [4.69, 9.17) is 4.74 Å². The zero-order chi connectivity index (χ0) is 8.97. The molecule has 1 fully saturated rings. The first kappa shape index (κ1) is 9.96. The molecule has 0 aromatic heterocycles. The van der Waals surface area contributed by atoms with Crippen molar-refractivity contribution in [3.8, 4) is 0 Å². The number of rotatable bonds is 4. The maximum absolute atomic E-state index is 5.12. The molecule has 1 N–H and O–H groups in total. The molecule has 0 aromatic rings. The van der Waals surface area contributed by atoms with Crippen LogP contribution in [0.2, 0.25) is 0 Å². The van der Waals surface area contributed by atoms with Gasteiger partial charge in [-0.3, -0.25) is 4.90 Å². The average molecular weight is 172 g/mol. The Morgan fingerprint density at radius 1 is 1.67 bits per heavy atom. The highest BCUT2D eigenvalue weighted by atomic mass is 16.5. The molecule has 12 heavy (non-hydrogen) atoms. The van der Waals surface area contributed by atoms with Gasteiger partial charge in [-0.25, -0.2) is 0 Å². The van der Waals surface area contributed by atoms with E-state index in [1.54, 1.807) is 7.11 Å². The number of methoxy groups -OCH3 is 1. The Bertz CT molecular complexity index is 124. The third kappa shape index (κ3) is 2.44. The van der Waals surface area contributed by atoms with Gasteiger partial charge in [0.2, 0.25) is 0 Å². The van der Waals surface area contributed by atoms with Gasteiger partial charge in [0, 0.05) is 25.7 Å². The van der Waals surface area contributed by atoms with Gasteiger partial charge in [-0.05, 0) is 26.9 Å². The number of ether oxygens (including phenoxy) is 1. The van der Waals surface area contributed by atoms with Crippen molar-refractivity contribution in [1.29, 1.82) is 0 Å². The van der Waals surface area contributed by atoms with Gasteiger partial charge < -0.3 is 10.1 Å². The molecule has 0 aromatic carbocycles. The van der Waals surface area contributed by atoms with Gasteiger partial charge in [-0.15, -0.1) is 0 Å². The minimum atomic E-state index is 0.528. The first-order chi connectivity index (χ1) is 5.75. The van der Waals surface area contributed by atoms with E-state index in [1.807, 2.05) is 0 Å². The fourth-order valence-corrected chi connectivity index (χ4v) is 1.71. The van der Waals surface area contributed by atoms with Crippen LogP contribution in [0.25, 0.3) is 0 Å². The average Bonchev–Trinajstić information content (AvgIpc) is 2.55. The summed E-state index contributed by atoms with van der Waals surface area (Å²) in [5.41, 5.74) is 0. The van der Waals surface area contributed by atoms with Crippen molar-refractivity contribution in [2.24, 2.45) is 0 Å². The second kappa shape index (κ2) is 4.80. The van der Waals surface area contributed by atoms with Crippen LogP contribution in [0.4, 0.5) is 0 Å². The van der Waals surface area contributed by atoms with E-state index in [1.165, 1.54) is 6.42 Å². The number of likely N-dealkylation sites (N-methyl/N-ethyl adjacent to an activating group) is 1. The number of nitrogens with one attached hydrogen (secondary N) is 1. The third-order valence-corrected chi connectivity index (χ3v) is 2.71. The Morgan fingerprint density at radius 2 is 2.42 bits per heavy atom. The molecule has 1 aliphatic rings. The summed E-state index contributed by atoms with van der Waals surface area (Å²) in [6.45, 7) is 5.33. The van der Waals surface area contributed by atoms with E-state index in [-0.39, 0.29) is 0 Å². The van der Waals surface area contributed by atoms with E-state index >= 15 is 0 Å². The SMILES string of the molecule is COCC(C)N(C)[C@H]1CCNC1. The lowest BCUT2D eigenvalue weighted by Crippen LogP contribution is -2.41. The lowest BCUT2D eigenvalue weighted by Gasteiger charge is -2.29. The van der Waals surface area contributed by atoms with Gasteiger partial charge in [0.05, 0.1) is 6.61 Å². The Kier molecular flexibility index (Phi) is 3.98. The van der Waals surface area contributed by atoms with Gasteiger partial charge >= 0.3 is 0 Å². The summed E-state index contributed by atoms with van der Waals surface area (Å²) in [7, 11) is 3.94. The molecule has 2 atom stereocenters. The molecule has 1 aliphatic heterocycles. The van der Waals surface area contributed by atoms with Crippen molar-refractivity contribution < 1.29 is 4.74 Å². The molecule has 3 heteroatoms. The van der Waals surface area contributed by atoms with E-state index < -0.39 is 0 Å². The predicted octanol–water partition coefficient (Wildman–Crippen LogP) is 0.315. The molecule has 1 heterocycles. The molecule has 1 unspecified atom stereocenters. The first-order valence-electron chi connectivity index (χ1n) is 4.67. The normalized spacial score (nSPS) is 26.5. The summed E-state index contributed by atoms with van der Waals surface area (Å²) in [5, 5.41) is 3.37. The molecule has 72 valence electrons. The van der Waals surface area contributed by atoms with E-state index in [9.17, 15) is 0 Å². The molecule has 0 spiro atoms. The fourth-order valence-electron chi connectivity index (χ4n) is 1.71. The van der Waals surface area contributed by atoms with Crippen molar-refractivity contribution >= 4 is 0 Å². The van der Waals surface area contributed by atoms with Crippen LogP contribution in [-0.2, 0) is 4.74 Å². The molecule has 0 bridgehead atoms. The van der Waals surface area contributed by atoms with Crippen LogP contribution in [0.3, 0.4) is 0 Å². The quantitative estimate of drug-likeness (QED) is 0.661. The van der Waals surface area contributed by atoms with Crippen molar-refractivity contribution in [1.82, 2.24) is 10.2 Å². The van der Waals surface area contributed by atoms with Gasteiger partial charge in [0.25, 0.3) is 0 Å². The summed E-state index contributed by atoms with van der Waals surface area (Å²) >= 11 is 0. The summed E-state index contributed by atoms with van der Waals surface area (Å²) in [6.07, 6.45) is 1.27. The van der Waals surface area contributed by atoms with Gasteiger partial charge in [-0.1, -0.05) is 0 Å². The second-order valence-electron chi connectivity index (χ2n) is 3.62. The third-order valence-electron chi connectivity index (χ3n) is 2.71. The Labute approximate surface area is 75.1 Å². The van der Waals surface area contributed by atoms with Crippen LogP contribution < -0.4 is 5.32 Å². The van der Waals surface area contributed by atoms with E-state index in [0.29, 0.717) is 12.1 Å². The van der Waals surface area contributed by atoms with Crippen LogP contribution in [0.15, 0.2) is 0 Å². The molecule has 3 nitrogen and oxygen atoms in total. The van der Waals surface area contributed by atoms with Crippen molar-refractivity contribution in [2.45, 2.75) is 25.4 Å². The van der Waals surface area contributed by atoms with E-state index in [2.05, 4.69) is 24.2 Å². The molecular formula is C9H20N2O. The zero-order valence-electron chi connectivity index (χ0n) is 8.34. The minimum Gasteiger partial charge on any atom is -0.383 e. The minimum absolute atomic E-state index is 0.528. The van der Waals surface area contributed by atoms with Crippen molar-refractivity contribution in [2.75, 3.05) is 33.9 Å². The van der Waals surface area contributed by atoms with Crippen molar-refractivity contribution in [3.05, 3.63) is 0 Å². The maximum atomic E-state index is 5.12.